The van der Waals surface area contributed by atoms with Gasteiger partial charge in [0.1, 0.15) is 0 Å². The Balaban J connectivity index is 2.14. The lowest BCUT2D eigenvalue weighted by molar-refractivity contribution is -0.123. The van der Waals surface area contributed by atoms with Gasteiger partial charge in [-0.05, 0) is 12.8 Å². The van der Waals surface area contributed by atoms with Crippen LogP contribution >= 0.6 is 0 Å². The van der Waals surface area contributed by atoms with Gasteiger partial charge in [-0.2, -0.15) is 0 Å². The third kappa shape index (κ3) is 4.92. The minimum Gasteiger partial charge on any atom is -0.384 e. The van der Waals surface area contributed by atoms with Crippen LogP contribution in [0.3, 0.4) is 0 Å². The number of rotatable bonds is 6. The molecule has 0 spiro atoms. The lowest BCUT2D eigenvalue weighted by atomic mass is 10.0. The molecule has 3 N–H and O–H groups in total. The van der Waals surface area contributed by atoms with Crippen molar-refractivity contribution >= 4 is 5.91 Å². The number of likely N-dealkylation sites (tertiary alicyclic amines) is 1. The Bertz CT molecular complexity index is 203. The SMILES string of the molecule is COCCC(=O)NC1CCN(CCN)CC1. The summed E-state index contributed by atoms with van der Waals surface area (Å²) in [6, 6.07) is 0.332. The van der Waals surface area contributed by atoms with Crippen molar-refractivity contribution in [1.29, 1.82) is 0 Å². The summed E-state index contributed by atoms with van der Waals surface area (Å²) in [6.45, 7) is 4.24. The van der Waals surface area contributed by atoms with Gasteiger partial charge >= 0.3 is 0 Å². The van der Waals surface area contributed by atoms with Crippen LogP contribution in [0.15, 0.2) is 0 Å². The molecule has 1 amide bonds. The van der Waals surface area contributed by atoms with Crippen molar-refractivity contribution in [3.63, 3.8) is 0 Å². The molecule has 5 heteroatoms. The average Bonchev–Trinajstić information content (AvgIpc) is 2.29. The summed E-state index contributed by atoms with van der Waals surface area (Å²) in [7, 11) is 1.61. The van der Waals surface area contributed by atoms with E-state index in [1.54, 1.807) is 7.11 Å². The van der Waals surface area contributed by atoms with Gasteiger partial charge in [-0.3, -0.25) is 4.79 Å². The number of ether oxygens (including phenoxy) is 1. The van der Waals surface area contributed by atoms with Crippen LogP contribution in [0.1, 0.15) is 19.3 Å². The zero-order chi connectivity index (χ0) is 11.8. The summed E-state index contributed by atoms with van der Waals surface area (Å²) in [5.41, 5.74) is 5.50. The van der Waals surface area contributed by atoms with E-state index in [2.05, 4.69) is 10.2 Å². The number of nitrogens with one attached hydrogen (secondary N) is 1. The Labute approximate surface area is 97.3 Å². The smallest absolute Gasteiger partial charge is 0.222 e. The van der Waals surface area contributed by atoms with Crippen LogP contribution in [-0.2, 0) is 9.53 Å². The van der Waals surface area contributed by atoms with Crippen molar-refractivity contribution in [2.75, 3.05) is 39.9 Å². The number of nitrogens with two attached hydrogens (primary N) is 1. The highest BCUT2D eigenvalue weighted by molar-refractivity contribution is 5.76. The average molecular weight is 229 g/mol. The maximum atomic E-state index is 11.5. The van der Waals surface area contributed by atoms with E-state index in [1.165, 1.54) is 0 Å². The molecular formula is C11H23N3O2. The van der Waals surface area contributed by atoms with E-state index < -0.39 is 0 Å². The van der Waals surface area contributed by atoms with Crippen molar-refractivity contribution in [3.8, 4) is 0 Å². The highest BCUT2D eigenvalue weighted by Gasteiger charge is 2.19. The Morgan fingerprint density at radius 2 is 2.19 bits per heavy atom. The number of piperidine rings is 1. The van der Waals surface area contributed by atoms with Crippen molar-refractivity contribution in [2.45, 2.75) is 25.3 Å². The number of carbonyl (C=O) groups excluding carboxylic acids is 1. The quantitative estimate of drug-likeness (QED) is 0.648. The van der Waals surface area contributed by atoms with Crippen LogP contribution in [0, 0.1) is 0 Å². The topological polar surface area (TPSA) is 67.6 Å². The van der Waals surface area contributed by atoms with Crippen LogP contribution in [0.4, 0.5) is 0 Å². The van der Waals surface area contributed by atoms with Gasteiger partial charge in [0, 0.05) is 45.8 Å². The van der Waals surface area contributed by atoms with Crippen molar-refractivity contribution < 1.29 is 9.53 Å². The fourth-order valence-electron chi connectivity index (χ4n) is 1.98. The van der Waals surface area contributed by atoms with E-state index in [-0.39, 0.29) is 5.91 Å². The van der Waals surface area contributed by atoms with E-state index in [1.807, 2.05) is 0 Å². The second-order valence-electron chi connectivity index (χ2n) is 4.21. The zero-order valence-electron chi connectivity index (χ0n) is 10.1. The lowest BCUT2D eigenvalue weighted by Gasteiger charge is -2.31. The van der Waals surface area contributed by atoms with E-state index >= 15 is 0 Å². The van der Waals surface area contributed by atoms with E-state index in [0.717, 1.165) is 32.5 Å². The molecule has 1 fully saturated rings. The molecule has 0 unspecified atom stereocenters. The van der Waals surface area contributed by atoms with Gasteiger partial charge in [0.05, 0.1) is 6.61 Å². The Morgan fingerprint density at radius 1 is 1.50 bits per heavy atom. The molecule has 94 valence electrons. The summed E-state index contributed by atoms with van der Waals surface area (Å²) in [6.07, 6.45) is 2.51. The van der Waals surface area contributed by atoms with Gasteiger partial charge in [-0.25, -0.2) is 0 Å². The molecule has 0 aliphatic carbocycles. The maximum absolute atomic E-state index is 11.5. The molecule has 0 aromatic heterocycles. The molecule has 0 aromatic rings. The molecule has 1 heterocycles. The third-order valence-electron chi connectivity index (χ3n) is 2.93. The molecule has 1 aliphatic rings. The van der Waals surface area contributed by atoms with E-state index in [0.29, 0.717) is 25.6 Å². The molecule has 1 aliphatic heterocycles. The van der Waals surface area contributed by atoms with Crippen molar-refractivity contribution in [1.82, 2.24) is 10.2 Å². The maximum Gasteiger partial charge on any atom is 0.222 e. The molecule has 1 rings (SSSR count). The first-order valence-corrected chi connectivity index (χ1v) is 5.97. The van der Waals surface area contributed by atoms with Crippen LogP contribution < -0.4 is 11.1 Å². The predicted molar refractivity (Wildman–Crippen MR) is 63.2 cm³/mol. The van der Waals surface area contributed by atoms with Gasteiger partial charge in [0.2, 0.25) is 5.91 Å². The van der Waals surface area contributed by atoms with Crippen LogP contribution in [0.2, 0.25) is 0 Å². The summed E-state index contributed by atoms with van der Waals surface area (Å²) < 4.78 is 4.87. The van der Waals surface area contributed by atoms with Crippen molar-refractivity contribution in [2.24, 2.45) is 5.73 Å². The molecule has 0 bridgehead atoms. The molecule has 1 saturated heterocycles. The Hall–Kier alpha value is -0.650. The Morgan fingerprint density at radius 3 is 2.75 bits per heavy atom. The van der Waals surface area contributed by atoms with Crippen LogP contribution in [0.5, 0.6) is 0 Å². The van der Waals surface area contributed by atoms with Crippen molar-refractivity contribution in [3.05, 3.63) is 0 Å². The summed E-state index contributed by atoms with van der Waals surface area (Å²) in [5.74, 6) is 0.0964. The lowest BCUT2D eigenvalue weighted by Crippen LogP contribution is -2.45. The molecule has 0 aromatic carbocycles. The number of nitrogens with zero attached hydrogens (tertiary/aromatic N) is 1. The molecule has 16 heavy (non-hydrogen) atoms. The zero-order valence-corrected chi connectivity index (χ0v) is 10.1. The predicted octanol–water partition coefficient (Wildman–Crippen LogP) is -0.438. The first-order valence-electron chi connectivity index (χ1n) is 5.97. The second kappa shape index (κ2) is 7.60. The fraction of sp³-hybridized carbons (Fsp3) is 0.909. The summed E-state index contributed by atoms with van der Waals surface area (Å²) in [5, 5.41) is 3.04. The molecule has 0 atom stereocenters. The molecular weight excluding hydrogens is 206 g/mol. The number of hydrogen-bond donors (Lipinski definition) is 2. The number of hydrogen-bond acceptors (Lipinski definition) is 4. The molecule has 0 saturated carbocycles. The summed E-state index contributed by atoms with van der Waals surface area (Å²) in [4.78, 5) is 13.8. The first-order chi connectivity index (χ1) is 7.76. The highest BCUT2D eigenvalue weighted by Crippen LogP contribution is 2.09. The van der Waals surface area contributed by atoms with Gasteiger partial charge in [-0.1, -0.05) is 0 Å². The minimum absolute atomic E-state index is 0.0964. The van der Waals surface area contributed by atoms with E-state index in [4.69, 9.17) is 10.5 Å². The molecule has 0 radical (unpaired) electrons. The normalized spacial score (nSPS) is 18.6. The van der Waals surface area contributed by atoms with Gasteiger partial charge in [0.15, 0.2) is 0 Å². The Kier molecular flexibility index (Phi) is 6.37. The standard InChI is InChI=1S/C11H23N3O2/c1-16-9-4-11(15)13-10-2-6-14(7-3-10)8-5-12/h10H,2-9,12H2,1H3,(H,13,15). The summed E-state index contributed by atoms with van der Waals surface area (Å²) >= 11 is 0. The molecule has 5 nitrogen and oxygen atoms in total. The van der Waals surface area contributed by atoms with Gasteiger partial charge < -0.3 is 20.7 Å². The van der Waals surface area contributed by atoms with Crippen LogP contribution in [-0.4, -0.2) is 56.7 Å². The van der Waals surface area contributed by atoms with Gasteiger partial charge in [0.25, 0.3) is 0 Å². The first kappa shape index (κ1) is 13.4. The number of methoxy groups -OCH3 is 1. The number of amides is 1. The second-order valence-corrected chi connectivity index (χ2v) is 4.21. The highest BCUT2D eigenvalue weighted by atomic mass is 16.5. The monoisotopic (exact) mass is 229 g/mol. The van der Waals surface area contributed by atoms with Gasteiger partial charge in [-0.15, -0.1) is 0 Å². The largest absolute Gasteiger partial charge is 0.384 e. The number of carbonyl (C=O) groups is 1. The van der Waals surface area contributed by atoms with Crippen LogP contribution in [0.25, 0.3) is 0 Å². The fourth-order valence-corrected chi connectivity index (χ4v) is 1.98. The minimum atomic E-state index is 0.0964. The van der Waals surface area contributed by atoms with E-state index in [9.17, 15) is 4.79 Å². The third-order valence-corrected chi connectivity index (χ3v) is 2.93.